The van der Waals surface area contributed by atoms with E-state index in [1.54, 1.807) is 44.4 Å². The van der Waals surface area contributed by atoms with Crippen molar-refractivity contribution in [2.24, 2.45) is 0 Å². The van der Waals surface area contributed by atoms with Crippen LogP contribution in [0.5, 0.6) is 11.5 Å². The molecule has 0 atom stereocenters. The molecule has 140 valence electrons. The molecule has 0 saturated carbocycles. The molecule has 0 spiro atoms. The molecule has 0 amide bonds. The first kappa shape index (κ1) is 18.5. The molecule has 0 radical (unpaired) electrons. The number of ether oxygens (including phenoxy) is 3. The Morgan fingerprint density at radius 2 is 1.78 bits per heavy atom. The number of furan rings is 1. The molecule has 27 heavy (non-hydrogen) atoms. The van der Waals surface area contributed by atoms with Crippen molar-refractivity contribution in [3.63, 3.8) is 0 Å². The fraction of sp³-hybridized carbons (Fsp3) is 0.238. The molecule has 0 saturated heterocycles. The topological polar surface area (TPSA) is 75.0 Å². The number of hydrogen-bond donors (Lipinski definition) is 0. The van der Waals surface area contributed by atoms with Crippen molar-refractivity contribution in [1.82, 2.24) is 0 Å². The number of carbonyl (C=O) groups excluding carboxylic acids is 2. The third-order valence-corrected chi connectivity index (χ3v) is 4.45. The number of Topliss-reactive ketones (excluding diaryl/α,β-unsaturated/α-hetero) is 1. The van der Waals surface area contributed by atoms with Crippen LogP contribution >= 0.6 is 0 Å². The number of methoxy groups -OCH3 is 3. The Kier molecular flexibility index (Phi) is 5.16. The second-order valence-corrected chi connectivity index (χ2v) is 6.04. The fourth-order valence-corrected chi connectivity index (χ4v) is 2.97. The lowest BCUT2D eigenvalue weighted by Crippen LogP contribution is -2.06. The molecule has 0 fully saturated rings. The maximum atomic E-state index is 12.8. The lowest BCUT2D eigenvalue weighted by atomic mass is 10.00. The molecule has 0 aliphatic carbocycles. The van der Waals surface area contributed by atoms with Crippen LogP contribution in [-0.4, -0.2) is 33.1 Å². The van der Waals surface area contributed by atoms with Crippen LogP contribution in [0.1, 0.15) is 32.0 Å². The summed E-state index contributed by atoms with van der Waals surface area (Å²) in [5, 5.41) is 0.780. The van der Waals surface area contributed by atoms with Gasteiger partial charge in [-0.2, -0.15) is 0 Å². The van der Waals surface area contributed by atoms with E-state index >= 15 is 0 Å². The minimum absolute atomic E-state index is 0.0804. The molecule has 0 N–H and O–H groups in total. The van der Waals surface area contributed by atoms with E-state index in [0.29, 0.717) is 28.2 Å². The first-order valence-corrected chi connectivity index (χ1v) is 8.34. The smallest absolute Gasteiger partial charge is 0.374 e. The molecule has 1 aromatic heterocycles. The molecular weight excluding hydrogens is 348 g/mol. The molecule has 1 heterocycles. The number of esters is 1. The number of rotatable bonds is 6. The summed E-state index contributed by atoms with van der Waals surface area (Å²) in [5.74, 6) is 0.655. The van der Waals surface area contributed by atoms with Crippen LogP contribution in [0, 0.1) is 6.92 Å². The van der Waals surface area contributed by atoms with Crippen molar-refractivity contribution in [2.45, 2.75) is 13.3 Å². The molecule has 0 bridgehead atoms. The van der Waals surface area contributed by atoms with E-state index in [2.05, 4.69) is 0 Å². The maximum Gasteiger partial charge on any atom is 0.374 e. The van der Waals surface area contributed by atoms with Gasteiger partial charge in [-0.25, -0.2) is 4.79 Å². The first-order valence-electron chi connectivity index (χ1n) is 8.34. The van der Waals surface area contributed by atoms with Gasteiger partial charge in [-0.05, 0) is 36.8 Å². The Labute approximate surface area is 156 Å². The number of benzene rings is 2. The standard InChI is InChI=1S/C21H20O6/c1-12-16-9-13(5-8-18(16)27-20(12)21(23)26-4)10-17(22)15-7-6-14(24-2)11-19(15)25-3/h5-9,11H,10H2,1-4H3. The van der Waals surface area contributed by atoms with Gasteiger partial charge < -0.3 is 18.6 Å². The summed E-state index contributed by atoms with van der Waals surface area (Å²) in [6.07, 6.45) is 0.191. The Morgan fingerprint density at radius 3 is 2.44 bits per heavy atom. The number of ketones is 1. The third kappa shape index (κ3) is 3.51. The molecule has 0 unspecified atom stereocenters. The Bertz CT molecular complexity index is 1010. The SMILES string of the molecule is COC(=O)c1oc2ccc(CC(=O)c3ccc(OC)cc3OC)cc2c1C. The Morgan fingerprint density at radius 1 is 1.00 bits per heavy atom. The Hall–Kier alpha value is -3.28. The van der Waals surface area contributed by atoms with E-state index in [9.17, 15) is 9.59 Å². The fourth-order valence-electron chi connectivity index (χ4n) is 2.97. The lowest BCUT2D eigenvalue weighted by Gasteiger charge is -2.09. The van der Waals surface area contributed by atoms with Gasteiger partial charge in [0, 0.05) is 23.4 Å². The van der Waals surface area contributed by atoms with Crippen LogP contribution in [0.3, 0.4) is 0 Å². The van der Waals surface area contributed by atoms with Gasteiger partial charge >= 0.3 is 5.97 Å². The van der Waals surface area contributed by atoms with Crippen molar-refractivity contribution in [1.29, 1.82) is 0 Å². The van der Waals surface area contributed by atoms with Gasteiger partial charge in [0.05, 0.1) is 26.9 Å². The molecule has 3 aromatic rings. The zero-order valence-electron chi connectivity index (χ0n) is 15.6. The van der Waals surface area contributed by atoms with Crippen molar-refractivity contribution >= 4 is 22.7 Å². The summed E-state index contributed by atoms with van der Waals surface area (Å²) in [6, 6.07) is 10.5. The van der Waals surface area contributed by atoms with E-state index in [-0.39, 0.29) is 18.0 Å². The summed E-state index contributed by atoms with van der Waals surface area (Å²) in [4.78, 5) is 24.5. The highest BCUT2D eigenvalue weighted by Crippen LogP contribution is 2.29. The quantitative estimate of drug-likeness (QED) is 0.484. The van der Waals surface area contributed by atoms with Gasteiger partial charge in [-0.3, -0.25) is 4.79 Å². The van der Waals surface area contributed by atoms with Gasteiger partial charge in [0.2, 0.25) is 5.76 Å². The molecule has 6 heteroatoms. The molecule has 6 nitrogen and oxygen atoms in total. The summed E-state index contributed by atoms with van der Waals surface area (Å²) < 4.78 is 20.8. The maximum absolute atomic E-state index is 12.8. The van der Waals surface area contributed by atoms with Crippen molar-refractivity contribution in [3.05, 3.63) is 58.8 Å². The third-order valence-electron chi connectivity index (χ3n) is 4.45. The number of hydrogen-bond acceptors (Lipinski definition) is 6. The average molecular weight is 368 g/mol. The van der Waals surface area contributed by atoms with Crippen molar-refractivity contribution < 1.29 is 28.2 Å². The van der Waals surface area contributed by atoms with Crippen LogP contribution in [0.4, 0.5) is 0 Å². The van der Waals surface area contributed by atoms with Crippen LogP contribution in [0.25, 0.3) is 11.0 Å². The zero-order chi connectivity index (χ0) is 19.6. The van der Waals surface area contributed by atoms with E-state index in [4.69, 9.17) is 18.6 Å². The number of fused-ring (bicyclic) bond motifs is 1. The van der Waals surface area contributed by atoms with Crippen LogP contribution < -0.4 is 9.47 Å². The minimum Gasteiger partial charge on any atom is -0.497 e. The highest BCUT2D eigenvalue weighted by atomic mass is 16.5. The van der Waals surface area contributed by atoms with Crippen LogP contribution in [0.15, 0.2) is 40.8 Å². The summed E-state index contributed by atoms with van der Waals surface area (Å²) >= 11 is 0. The van der Waals surface area contributed by atoms with Gasteiger partial charge in [0.25, 0.3) is 0 Å². The monoisotopic (exact) mass is 368 g/mol. The van der Waals surface area contributed by atoms with E-state index in [0.717, 1.165) is 10.9 Å². The van der Waals surface area contributed by atoms with E-state index in [1.807, 2.05) is 6.07 Å². The largest absolute Gasteiger partial charge is 0.497 e. The predicted octanol–water partition coefficient (Wildman–Crippen LogP) is 3.97. The second-order valence-electron chi connectivity index (χ2n) is 6.04. The van der Waals surface area contributed by atoms with Gasteiger partial charge in [0.1, 0.15) is 17.1 Å². The molecular formula is C21H20O6. The minimum atomic E-state index is -0.524. The molecule has 2 aromatic carbocycles. The average Bonchev–Trinajstić information content (AvgIpc) is 3.03. The highest BCUT2D eigenvalue weighted by molar-refractivity contribution is 6.01. The van der Waals surface area contributed by atoms with Crippen molar-refractivity contribution in [2.75, 3.05) is 21.3 Å². The highest BCUT2D eigenvalue weighted by Gasteiger charge is 2.19. The van der Waals surface area contributed by atoms with Gasteiger partial charge in [0.15, 0.2) is 5.78 Å². The number of aryl methyl sites for hydroxylation is 1. The van der Waals surface area contributed by atoms with E-state index < -0.39 is 5.97 Å². The molecule has 0 aliphatic rings. The second kappa shape index (κ2) is 7.53. The van der Waals surface area contributed by atoms with E-state index in [1.165, 1.54) is 14.2 Å². The summed E-state index contributed by atoms with van der Waals surface area (Å²) in [6.45, 7) is 1.79. The predicted molar refractivity (Wildman–Crippen MR) is 99.9 cm³/mol. The normalized spacial score (nSPS) is 10.7. The number of carbonyl (C=O) groups is 2. The first-order chi connectivity index (χ1) is 13.0. The Balaban J connectivity index is 1.91. The van der Waals surface area contributed by atoms with Gasteiger partial charge in [-0.1, -0.05) is 6.07 Å². The van der Waals surface area contributed by atoms with Crippen LogP contribution in [0.2, 0.25) is 0 Å². The summed E-state index contributed by atoms with van der Waals surface area (Å²) in [7, 11) is 4.38. The summed E-state index contributed by atoms with van der Waals surface area (Å²) in [5.41, 5.74) is 2.56. The molecule has 3 rings (SSSR count). The van der Waals surface area contributed by atoms with Crippen LogP contribution in [-0.2, 0) is 11.2 Å². The van der Waals surface area contributed by atoms with Gasteiger partial charge in [-0.15, -0.1) is 0 Å². The zero-order valence-corrected chi connectivity index (χ0v) is 15.6. The molecule has 0 aliphatic heterocycles. The lowest BCUT2D eigenvalue weighted by molar-refractivity contribution is 0.0566. The van der Waals surface area contributed by atoms with Crippen molar-refractivity contribution in [3.8, 4) is 11.5 Å².